The molecular weight excluding hydrogens is 274 g/mol. The van der Waals surface area contributed by atoms with Crippen LogP contribution in [-0.4, -0.2) is 23.2 Å². The van der Waals surface area contributed by atoms with Crippen molar-refractivity contribution in [3.05, 3.63) is 43.8 Å². The molecule has 0 unspecified atom stereocenters. The minimum atomic E-state index is -0.0722. The molecular formula is C15H15NOS2. The quantitative estimate of drug-likeness (QED) is 0.859. The molecule has 3 heterocycles. The lowest BCUT2D eigenvalue weighted by Gasteiger charge is -2.26. The standard InChI is InChI=1S/C15H15NOS2/c17-7-1-2-12-4-8-19-15(12)11-16-6-3-14-13(10-16)5-9-18-14/h4-5,8-9,17H,3,6-7,10-11H2. The van der Waals surface area contributed by atoms with E-state index in [-0.39, 0.29) is 6.61 Å². The van der Waals surface area contributed by atoms with Crippen LogP contribution in [0.5, 0.6) is 0 Å². The molecule has 98 valence electrons. The van der Waals surface area contributed by atoms with Crippen molar-refractivity contribution >= 4 is 22.7 Å². The van der Waals surface area contributed by atoms with Gasteiger partial charge in [-0.25, -0.2) is 0 Å². The second-order valence-electron chi connectivity index (χ2n) is 4.55. The molecule has 4 heteroatoms. The Morgan fingerprint density at radius 2 is 2.16 bits per heavy atom. The number of aliphatic hydroxyl groups is 1. The average molecular weight is 289 g/mol. The Bertz CT molecular complexity index is 617. The van der Waals surface area contributed by atoms with Gasteiger partial charge in [0.1, 0.15) is 6.61 Å². The van der Waals surface area contributed by atoms with Gasteiger partial charge in [0.15, 0.2) is 0 Å². The maximum atomic E-state index is 8.78. The third-order valence-corrected chi connectivity index (χ3v) is 5.23. The average Bonchev–Trinajstić information content (AvgIpc) is 3.05. The highest BCUT2D eigenvalue weighted by Gasteiger charge is 2.18. The van der Waals surface area contributed by atoms with Crippen LogP contribution in [-0.2, 0) is 19.5 Å². The summed E-state index contributed by atoms with van der Waals surface area (Å²) >= 11 is 3.63. The number of fused-ring (bicyclic) bond motifs is 1. The number of nitrogens with zero attached hydrogens (tertiary/aromatic N) is 1. The van der Waals surface area contributed by atoms with E-state index >= 15 is 0 Å². The highest BCUT2D eigenvalue weighted by atomic mass is 32.1. The molecule has 1 N–H and O–H groups in total. The first-order chi connectivity index (χ1) is 9.36. The molecule has 1 aliphatic rings. The van der Waals surface area contributed by atoms with Crippen molar-refractivity contribution in [2.45, 2.75) is 19.5 Å². The molecule has 0 saturated heterocycles. The van der Waals surface area contributed by atoms with Crippen molar-refractivity contribution in [3.8, 4) is 11.8 Å². The fourth-order valence-electron chi connectivity index (χ4n) is 2.35. The Balaban J connectivity index is 1.71. The summed E-state index contributed by atoms with van der Waals surface area (Å²) in [7, 11) is 0. The van der Waals surface area contributed by atoms with E-state index in [1.54, 1.807) is 16.2 Å². The minimum Gasteiger partial charge on any atom is -0.384 e. The first-order valence-corrected chi connectivity index (χ1v) is 8.06. The number of aliphatic hydroxyl groups excluding tert-OH is 1. The van der Waals surface area contributed by atoms with Crippen LogP contribution in [0.1, 0.15) is 20.9 Å². The number of rotatable bonds is 2. The molecule has 0 saturated carbocycles. The summed E-state index contributed by atoms with van der Waals surface area (Å²) in [4.78, 5) is 5.33. The van der Waals surface area contributed by atoms with Crippen molar-refractivity contribution in [3.63, 3.8) is 0 Å². The third kappa shape index (κ3) is 2.90. The van der Waals surface area contributed by atoms with Crippen LogP contribution in [0.4, 0.5) is 0 Å². The normalized spacial score (nSPS) is 14.8. The van der Waals surface area contributed by atoms with Gasteiger partial charge >= 0.3 is 0 Å². The predicted octanol–water partition coefficient (Wildman–Crippen LogP) is 2.71. The maximum absolute atomic E-state index is 8.78. The monoisotopic (exact) mass is 289 g/mol. The SMILES string of the molecule is OCC#Cc1ccsc1CN1CCc2sccc2C1. The van der Waals surface area contributed by atoms with E-state index in [0.29, 0.717) is 0 Å². The van der Waals surface area contributed by atoms with Crippen molar-refractivity contribution in [2.75, 3.05) is 13.2 Å². The van der Waals surface area contributed by atoms with Gasteiger partial charge in [-0.2, -0.15) is 0 Å². The summed E-state index contributed by atoms with van der Waals surface area (Å²) in [6.07, 6.45) is 1.16. The first-order valence-electron chi connectivity index (χ1n) is 6.30. The van der Waals surface area contributed by atoms with Gasteiger partial charge in [0.05, 0.1) is 0 Å². The van der Waals surface area contributed by atoms with Crippen LogP contribution in [0.3, 0.4) is 0 Å². The third-order valence-electron chi connectivity index (χ3n) is 3.30. The fourth-order valence-corrected chi connectivity index (χ4v) is 4.12. The van der Waals surface area contributed by atoms with Crippen molar-refractivity contribution in [2.24, 2.45) is 0 Å². The molecule has 3 rings (SSSR count). The highest BCUT2D eigenvalue weighted by molar-refractivity contribution is 7.10. The second kappa shape index (κ2) is 5.89. The Hall–Kier alpha value is -1.12. The van der Waals surface area contributed by atoms with E-state index in [1.807, 2.05) is 17.4 Å². The zero-order valence-electron chi connectivity index (χ0n) is 10.6. The summed E-state index contributed by atoms with van der Waals surface area (Å²) in [6.45, 7) is 3.06. The van der Waals surface area contributed by atoms with Gasteiger partial charge in [-0.05, 0) is 34.9 Å². The largest absolute Gasteiger partial charge is 0.384 e. The van der Waals surface area contributed by atoms with Crippen LogP contribution in [0.25, 0.3) is 0 Å². The van der Waals surface area contributed by atoms with E-state index in [9.17, 15) is 0 Å². The van der Waals surface area contributed by atoms with Crippen LogP contribution in [0.2, 0.25) is 0 Å². The highest BCUT2D eigenvalue weighted by Crippen LogP contribution is 2.26. The molecule has 0 amide bonds. The van der Waals surface area contributed by atoms with E-state index in [0.717, 1.165) is 31.6 Å². The predicted molar refractivity (Wildman–Crippen MR) is 80.4 cm³/mol. The fraction of sp³-hybridized carbons (Fsp3) is 0.333. The lowest BCUT2D eigenvalue weighted by Crippen LogP contribution is -2.29. The molecule has 19 heavy (non-hydrogen) atoms. The molecule has 1 aliphatic heterocycles. The summed E-state index contributed by atoms with van der Waals surface area (Å²) in [5.41, 5.74) is 2.55. The Morgan fingerprint density at radius 1 is 1.26 bits per heavy atom. The minimum absolute atomic E-state index is 0.0722. The molecule has 0 fully saturated rings. The molecule has 0 spiro atoms. The zero-order valence-corrected chi connectivity index (χ0v) is 12.2. The number of hydrogen-bond acceptors (Lipinski definition) is 4. The summed E-state index contributed by atoms with van der Waals surface area (Å²) < 4.78 is 0. The number of hydrogen-bond donors (Lipinski definition) is 1. The maximum Gasteiger partial charge on any atom is 0.104 e. The van der Waals surface area contributed by atoms with Gasteiger partial charge in [-0.15, -0.1) is 22.7 Å². The van der Waals surface area contributed by atoms with Crippen molar-refractivity contribution in [1.29, 1.82) is 0 Å². The Morgan fingerprint density at radius 3 is 3.05 bits per heavy atom. The molecule has 0 radical (unpaired) electrons. The van der Waals surface area contributed by atoms with Gasteiger partial charge in [0.25, 0.3) is 0 Å². The van der Waals surface area contributed by atoms with Gasteiger partial charge in [-0.1, -0.05) is 11.8 Å². The zero-order chi connectivity index (χ0) is 13.1. The lowest BCUT2D eigenvalue weighted by atomic mass is 10.1. The summed E-state index contributed by atoms with van der Waals surface area (Å²) in [5, 5.41) is 13.1. The van der Waals surface area contributed by atoms with Gasteiger partial charge < -0.3 is 5.11 Å². The Labute approximate surface area is 121 Å². The second-order valence-corrected chi connectivity index (χ2v) is 6.55. The van der Waals surface area contributed by atoms with Gasteiger partial charge in [-0.3, -0.25) is 4.90 Å². The smallest absolute Gasteiger partial charge is 0.104 e. The van der Waals surface area contributed by atoms with Crippen LogP contribution < -0.4 is 0 Å². The molecule has 2 aromatic rings. The van der Waals surface area contributed by atoms with Crippen LogP contribution >= 0.6 is 22.7 Å². The van der Waals surface area contributed by atoms with E-state index in [2.05, 4.69) is 33.6 Å². The van der Waals surface area contributed by atoms with E-state index in [4.69, 9.17) is 5.11 Å². The van der Waals surface area contributed by atoms with Crippen molar-refractivity contribution < 1.29 is 5.11 Å². The summed E-state index contributed by atoms with van der Waals surface area (Å²) in [6, 6.07) is 4.29. The molecule has 2 nitrogen and oxygen atoms in total. The van der Waals surface area contributed by atoms with Gasteiger partial charge in [0.2, 0.25) is 0 Å². The first kappa shape index (κ1) is 12.9. The lowest BCUT2D eigenvalue weighted by molar-refractivity contribution is 0.249. The van der Waals surface area contributed by atoms with Gasteiger partial charge in [0, 0.05) is 35.0 Å². The topological polar surface area (TPSA) is 23.5 Å². The summed E-state index contributed by atoms with van der Waals surface area (Å²) in [5.74, 6) is 5.77. The van der Waals surface area contributed by atoms with Crippen LogP contribution in [0.15, 0.2) is 22.9 Å². The van der Waals surface area contributed by atoms with E-state index < -0.39 is 0 Å². The van der Waals surface area contributed by atoms with E-state index in [1.165, 1.54) is 10.4 Å². The van der Waals surface area contributed by atoms with Crippen LogP contribution in [0, 0.1) is 11.8 Å². The molecule has 2 aromatic heterocycles. The molecule has 0 atom stereocenters. The molecule has 0 aromatic carbocycles. The Kier molecular flexibility index (Phi) is 4.00. The molecule has 0 aliphatic carbocycles. The molecule has 0 bridgehead atoms. The van der Waals surface area contributed by atoms with Crippen molar-refractivity contribution in [1.82, 2.24) is 4.90 Å². The number of thiophene rings is 2.